The van der Waals surface area contributed by atoms with Crippen LogP contribution in [0.15, 0.2) is 43.6 Å². The van der Waals surface area contributed by atoms with Gasteiger partial charge in [-0.1, -0.05) is 30.8 Å². The first-order valence-electron chi connectivity index (χ1n) is 6.35. The van der Waals surface area contributed by atoms with Gasteiger partial charge in [-0.3, -0.25) is 0 Å². The number of nitrogens with zero attached hydrogens (tertiary/aromatic N) is 2. The number of aromatic nitrogens is 2. The van der Waals surface area contributed by atoms with Crippen molar-refractivity contribution in [2.24, 2.45) is 0 Å². The summed E-state index contributed by atoms with van der Waals surface area (Å²) in [5, 5.41) is 3.28. The molecule has 1 N–H and O–H groups in total. The van der Waals surface area contributed by atoms with Gasteiger partial charge in [-0.15, -0.1) is 0 Å². The molecule has 0 fully saturated rings. The minimum atomic E-state index is -0.486. The molecule has 5 nitrogen and oxygen atoms in total. The zero-order chi connectivity index (χ0) is 16.1. The summed E-state index contributed by atoms with van der Waals surface area (Å²) in [5.41, 5.74) is 1.59. The van der Waals surface area contributed by atoms with Gasteiger partial charge in [0.05, 0.1) is 17.8 Å². The van der Waals surface area contributed by atoms with Gasteiger partial charge in [0, 0.05) is 11.8 Å². The van der Waals surface area contributed by atoms with Crippen molar-refractivity contribution in [2.45, 2.75) is 0 Å². The number of hydrogen-bond donors (Lipinski definition) is 1. The smallest absolute Gasteiger partial charge is 0.341 e. The van der Waals surface area contributed by atoms with E-state index < -0.39 is 5.97 Å². The van der Waals surface area contributed by atoms with Crippen molar-refractivity contribution >= 4 is 40.3 Å². The second kappa shape index (κ2) is 6.87. The number of halogens is 1. The van der Waals surface area contributed by atoms with Gasteiger partial charge in [-0.05, 0) is 24.3 Å². The fourth-order valence-corrected chi connectivity index (χ4v) is 1.97. The quantitative estimate of drug-likeness (QED) is 0.849. The van der Waals surface area contributed by atoms with Crippen molar-refractivity contribution < 1.29 is 9.53 Å². The number of nitrogens with one attached hydrogen (secondary N) is 1. The highest BCUT2D eigenvalue weighted by atomic mass is 35.5. The first-order chi connectivity index (χ1) is 10.6. The Balaban J connectivity index is 2.40. The fraction of sp³-hybridized carbons (Fsp3) is 0.0625. The predicted molar refractivity (Wildman–Crippen MR) is 88.1 cm³/mol. The van der Waals surface area contributed by atoms with Crippen LogP contribution in [-0.2, 0) is 4.74 Å². The molecule has 0 saturated heterocycles. The van der Waals surface area contributed by atoms with Crippen molar-refractivity contribution in [2.75, 3.05) is 12.4 Å². The van der Waals surface area contributed by atoms with Gasteiger partial charge in [0.2, 0.25) is 0 Å². The highest BCUT2D eigenvalue weighted by molar-refractivity contribution is 6.48. The molecule has 112 valence electrons. The summed E-state index contributed by atoms with van der Waals surface area (Å²) in [5.74, 6) is 0.339. The molecular weight excluding hydrogens is 302 g/mol. The summed E-state index contributed by atoms with van der Waals surface area (Å²) < 4.78 is 4.73. The van der Waals surface area contributed by atoms with E-state index in [1.807, 2.05) is 0 Å². The van der Waals surface area contributed by atoms with Gasteiger partial charge < -0.3 is 10.1 Å². The average Bonchev–Trinajstić information content (AvgIpc) is 2.54. The zero-order valence-corrected chi connectivity index (χ0v) is 12.7. The third-order valence-corrected chi connectivity index (χ3v) is 3.04. The van der Waals surface area contributed by atoms with Gasteiger partial charge in [0.25, 0.3) is 0 Å². The van der Waals surface area contributed by atoms with Crippen LogP contribution < -0.4 is 5.32 Å². The lowest BCUT2D eigenvalue weighted by Crippen LogP contribution is -2.08. The van der Waals surface area contributed by atoms with Crippen molar-refractivity contribution in [3.8, 4) is 0 Å². The summed E-state index contributed by atoms with van der Waals surface area (Å²) in [7, 11) is 1.31. The number of hydrogen-bond acceptors (Lipinski definition) is 5. The molecule has 2 rings (SSSR count). The number of rotatable bonds is 5. The molecule has 22 heavy (non-hydrogen) atoms. The third-order valence-electron chi connectivity index (χ3n) is 2.86. The average molecular weight is 316 g/mol. The number of methoxy groups -OCH3 is 1. The monoisotopic (exact) mass is 315 g/mol. The summed E-state index contributed by atoms with van der Waals surface area (Å²) in [6.45, 7) is 7.38. The number of ether oxygens (including phenoxy) is 1. The van der Waals surface area contributed by atoms with E-state index in [9.17, 15) is 4.79 Å². The van der Waals surface area contributed by atoms with E-state index in [1.54, 1.807) is 36.5 Å². The van der Waals surface area contributed by atoms with Crippen molar-refractivity contribution in [1.82, 2.24) is 9.97 Å². The Bertz CT molecular complexity index is 744. The van der Waals surface area contributed by atoms with Gasteiger partial charge in [-0.25, -0.2) is 14.8 Å². The minimum absolute atomic E-state index is 0.299. The maximum atomic E-state index is 11.7. The Morgan fingerprint density at radius 1 is 1.41 bits per heavy atom. The van der Waals surface area contributed by atoms with Gasteiger partial charge >= 0.3 is 5.97 Å². The zero-order valence-electron chi connectivity index (χ0n) is 12.0. The molecular formula is C16H14ClN3O2. The number of carbonyl (C=O) groups excluding carboxylic acids is 1. The van der Waals surface area contributed by atoms with Crippen LogP contribution in [-0.4, -0.2) is 23.0 Å². The van der Waals surface area contributed by atoms with E-state index in [1.165, 1.54) is 7.11 Å². The molecule has 0 aromatic carbocycles. The SMILES string of the molecule is C=Cc1ccc(Nc2ncccc2C(=O)OC)nc1C(=C)Cl. The fourth-order valence-electron chi connectivity index (χ4n) is 1.82. The molecule has 0 aliphatic carbocycles. The van der Waals surface area contributed by atoms with Gasteiger partial charge in [-0.2, -0.15) is 0 Å². The van der Waals surface area contributed by atoms with E-state index in [2.05, 4.69) is 28.4 Å². The molecule has 6 heteroatoms. The molecule has 0 bridgehead atoms. The lowest BCUT2D eigenvalue weighted by molar-refractivity contribution is 0.0601. The third kappa shape index (κ3) is 3.32. The molecule has 0 saturated carbocycles. The first kappa shape index (κ1) is 15.7. The second-order valence-electron chi connectivity index (χ2n) is 4.26. The highest BCUT2D eigenvalue weighted by Gasteiger charge is 2.13. The number of anilines is 2. The van der Waals surface area contributed by atoms with Crippen molar-refractivity contribution in [1.29, 1.82) is 0 Å². The molecule has 0 aliphatic rings. The van der Waals surface area contributed by atoms with Crippen molar-refractivity contribution in [3.05, 3.63) is 60.4 Å². The van der Waals surface area contributed by atoms with Gasteiger partial charge in [0.15, 0.2) is 0 Å². The molecule has 0 spiro atoms. The molecule has 2 heterocycles. The molecule has 0 unspecified atom stereocenters. The largest absolute Gasteiger partial charge is 0.465 e. The number of carbonyl (C=O) groups is 1. The van der Waals surface area contributed by atoms with Crippen LogP contribution in [0.4, 0.5) is 11.6 Å². The van der Waals surface area contributed by atoms with Crippen LogP contribution in [0.1, 0.15) is 21.6 Å². The van der Waals surface area contributed by atoms with E-state index in [-0.39, 0.29) is 0 Å². The highest BCUT2D eigenvalue weighted by Crippen LogP contribution is 2.24. The number of pyridine rings is 2. The van der Waals surface area contributed by atoms with Crippen LogP contribution in [0, 0.1) is 0 Å². The van der Waals surface area contributed by atoms with Crippen LogP contribution in [0.25, 0.3) is 11.1 Å². The summed E-state index contributed by atoms with van der Waals surface area (Å²) in [4.78, 5) is 20.2. The lowest BCUT2D eigenvalue weighted by Gasteiger charge is -2.11. The molecule has 0 amide bonds. The number of esters is 1. The van der Waals surface area contributed by atoms with E-state index in [4.69, 9.17) is 16.3 Å². The Morgan fingerprint density at radius 2 is 2.18 bits per heavy atom. The van der Waals surface area contributed by atoms with Gasteiger partial charge in [0.1, 0.15) is 17.2 Å². The maximum Gasteiger partial charge on any atom is 0.341 e. The Labute approximate surface area is 133 Å². The molecule has 0 radical (unpaired) electrons. The van der Waals surface area contributed by atoms with Crippen LogP contribution >= 0.6 is 11.6 Å². The van der Waals surface area contributed by atoms with Crippen molar-refractivity contribution in [3.63, 3.8) is 0 Å². The summed E-state index contributed by atoms with van der Waals surface area (Å²) in [6, 6.07) is 6.79. The molecule has 2 aromatic heterocycles. The van der Waals surface area contributed by atoms with Crippen LogP contribution in [0.5, 0.6) is 0 Å². The topological polar surface area (TPSA) is 64.1 Å². The summed E-state index contributed by atoms with van der Waals surface area (Å²) >= 11 is 5.94. The standard InChI is InChI=1S/C16H14ClN3O2/c1-4-11-7-8-13(19-14(11)10(2)17)20-15-12(16(21)22-3)6-5-9-18-15/h4-9H,1-2H2,3H3,(H,18,19,20). The normalized spacial score (nSPS) is 9.91. The van der Waals surface area contributed by atoms with E-state index in [0.29, 0.717) is 27.9 Å². The van der Waals surface area contributed by atoms with Crippen LogP contribution in [0.3, 0.4) is 0 Å². The Morgan fingerprint density at radius 3 is 2.82 bits per heavy atom. The van der Waals surface area contributed by atoms with E-state index in [0.717, 1.165) is 5.56 Å². The Hall–Kier alpha value is -2.66. The maximum absolute atomic E-state index is 11.7. The Kier molecular flexibility index (Phi) is 4.91. The molecule has 0 aliphatic heterocycles. The van der Waals surface area contributed by atoms with E-state index >= 15 is 0 Å². The second-order valence-corrected chi connectivity index (χ2v) is 4.72. The predicted octanol–water partition coefficient (Wildman–Crippen LogP) is 3.86. The van der Waals surface area contributed by atoms with Crippen LogP contribution in [0.2, 0.25) is 0 Å². The minimum Gasteiger partial charge on any atom is -0.465 e. The molecule has 0 atom stereocenters. The molecule has 2 aromatic rings. The summed E-state index contributed by atoms with van der Waals surface area (Å²) in [6.07, 6.45) is 3.20. The lowest BCUT2D eigenvalue weighted by atomic mass is 10.2. The first-order valence-corrected chi connectivity index (χ1v) is 6.73.